The minimum Gasteiger partial charge on any atom is -0.464 e. The number of aromatic nitrogens is 2. The number of hydrogen-bond donors (Lipinski definition) is 1. The molecule has 0 radical (unpaired) electrons. The molecule has 7 nitrogen and oxygen atoms in total. The first-order valence-electron chi connectivity index (χ1n) is 7.75. The Morgan fingerprint density at radius 1 is 1.33 bits per heavy atom. The zero-order valence-electron chi connectivity index (χ0n) is 13.2. The Hall–Kier alpha value is -2.96. The maximum absolute atomic E-state index is 12.6. The van der Waals surface area contributed by atoms with Gasteiger partial charge in [-0.2, -0.15) is 0 Å². The summed E-state index contributed by atoms with van der Waals surface area (Å²) in [5.74, 6) is -0.330. The van der Waals surface area contributed by atoms with E-state index in [1.807, 2.05) is 0 Å². The lowest BCUT2D eigenvalue weighted by molar-refractivity contribution is -0.147. The van der Waals surface area contributed by atoms with Crippen LogP contribution in [0.4, 0.5) is 5.69 Å². The molecule has 124 valence electrons. The zero-order valence-corrected chi connectivity index (χ0v) is 13.2. The van der Waals surface area contributed by atoms with E-state index in [9.17, 15) is 14.4 Å². The lowest BCUT2D eigenvalue weighted by Gasteiger charge is -2.14. The van der Waals surface area contributed by atoms with E-state index in [0.29, 0.717) is 24.2 Å². The predicted octanol–water partition coefficient (Wildman–Crippen LogP) is 1.55. The molecular weight excluding hydrogens is 310 g/mol. The first kappa shape index (κ1) is 15.9. The molecule has 1 aromatic carbocycles. The molecule has 1 aliphatic rings. The molecule has 2 aromatic rings. The summed E-state index contributed by atoms with van der Waals surface area (Å²) in [6.45, 7) is 1.96. The average molecular weight is 327 g/mol. The van der Waals surface area contributed by atoms with E-state index >= 15 is 0 Å². The minimum absolute atomic E-state index is 0.0452. The summed E-state index contributed by atoms with van der Waals surface area (Å²) in [6.07, 6.45) is 2.32. The predicted molar refractivity (Wildman–Crippen MR) is 86.9 cm³/mol. The second kappa shape index (κ2) is 6.66. The van der Waals surface area contributed by atoms with Crippen LogP contribution in [0.5, 0.6) is 0 Å². The van der Waals surface area contributed by atoms with Crippen molar-refractivity contribution >= 4 is 17.6 Å². The monoisotopic (exact) mass is 327 g/mol. The van der Waals surface area contributed by atoms with Gasteiger partial charge in [-0.1, -0.05) is 18.2 Å². The molecule has 3 rings (SSSR count). The van der Waals surface area contributed by atoms with Gasteiger partial charge in [0.05, 0.1) is 12.8 Å². The van der Waals surface area contributed by atoms with Crippen molar-refractivity contribution in [3.8, 4) is 0 Å². The fraction of sp³-hybridized carbons (Fsp3) is 0.294. The molecule has 1 aliphatic heterocycles. The Morgan fingerprint density at radius 2 is 2.08 bits per heavy atom. The van der Waals surface area contributed by atoms with Crippen molar-refractivity contribution in [3.05, 3.63) is 58.3 Å². The quantitative estimate of drug-likeness (QED) is 0.860. The van der Waals surface area contributed by atoms with Crippen molar-refractivity contribution in [2.75, 3.05) is 11.9 Å². The van der Waals surface area contributed by atoms with Gasteiger partial charge >= 0.3 is 5.97 Å². The topological polar surface area (TPSA) is 90.3 Å². The number of hydrogen-bond acceptors (Lipinski definition) is 5. The molecule has 1 N–H and O–H groups in total. The summed E-state index contributed by atoms with van der Waals surface area (Å²) in [6, 6.07) is 7.88. The van der Waals surface area contributed by atoms with E-state index in [0.717, 1.165) is 0 Å². The Morgan fingerprint density at radius 3 is 2.79 bits per heavy atom. The largest absolute Gasteiger partial charge is 0.464 e. The fourth-order valence-corrected chi connectivity index (χ4v) is 2.74. The Bertz CT molecular complexity index is 829. The van der Waals surface area contributed by atoms with Crippen LogP contribution in [0, 0.1) is 0 Å². The van der Waals surface area contributed by atoms with Crippen LogP contribution in [-0.2, 0) is 16.0 Å². The van der Waals surface area contributed by atoms with Crippen LogP contribution < -0.4 is 10.9 Å². The third-order valence-electron chi connectivity index (χ3n) is 3.87. The summed E-state index contributed by atoms with van der Waals surface area (Å²) in [5, 5.41) is 2.56. The molecule has 1 amide bonds. The van der Waals surface area contributed by atoms with Gasteiger partial charge in [0.15, 0.2) is 0 Å². The van der Waals surface area contributed by atoms with Gasteiger partial charge in [0.1, 0.15) is 17.6 Å². The minimum atomic E-state index is -0.687. The van der Waals surface area contributed by atoms with Gasteiger partial charge in [0.2, 0.25) is 0 Å². The summed E-state index contributed by atoms with van der Waals surface area (Å²) >= 11 is 0. The maximum Gasteiger partial charge on any atom is 0.329 e. The number of rotatable bonds is 4. The Labute approximate surface area is 138 Å². The van der Waals surface area contributed by atoms with E-state index in [-0.39, 0.29) is 12.3 Å². The van der Waals surface area contributed by atoms with Gasteiger partial charge in [0.25, 0.3) is 11.5 Å². The van der Waals surface area contributed by atoms with E-state index in [1.54, 1.807) is 37.3 Å². The van der Waals surface area contributed by atoms with Crippen molar-refractivity contribution in [1.29, 1.82) is 0 Å². The van der Waals surface area contributed by atoms with Crippen LogP contribution in [0.15, 0.2) is 41.3 Å². The number of amides is 1. The second-order valence-electron chi connectivity index (χ2n) is 5.39. The number of ether oxygens (including phenoxy) is 1. The number of nitrogens with zero attached hydrogens (tertiary/aromatic N) is 2. The molecule has 1 atom stereocenters. The third-order valence-corrected chi connectivity index (χ3v) is 3.87. The van der Waals surface area contributed by atoms with Gasteiger partial charge in [0, 0.05) is 12.0 Å². The van der Waals surface area contributed by atoms with Gasteiger partial charge in [-0.3, -0.25) is 14.2 Å². The molecule has 24 heavy (non-hydrogen) atoms. The highest BCUT2D eigenvalue weighted by Crippen LogP contribution is 2.24. The number of nitrogens with one attached hydrogen (secondary N) is 1. The Kier molecular flexibility index (Phi) is 4.41. The van der Waals surface area contributed by atoms with Crippen molar-refractivity contribution in [2.45, 2.75) is 25.8 Å². The molecule has 2 heterocycles. The highest BCUT2D eigenvalue weighted by molar-refractivity contribution is 6.04. The number of anilines is 1. The first-order valence-corrected chi connectivity index (χ1v) is 7.75. The van der Waals surface area contributed by atoms with Crippen LogP contribution in [0.25, 0.3) is 0 Å². The summed E-state index contributed by atoms with van der Waals surface area (Å²) < 4.78 is 6.33. The molecule has 1 unspecified atom stereocenters. The van der Waals surface area contributed by atoms with Crippen molar-refractivity contribution in [2.24, 2.45) is 0 Å². The van der Waals surface area contributed by atoms with E-state index < -0.39 is 23.5 Å². The number of aryl methyl sites for hydroxylation is 1. The molecule has 0 aliphatic carbocycles. The third kappa shape index (κ3) is 2.92. The van der Waals surface area contributed by atoms with Crippen molar-refractivity contribution in [3.63, 3.8) is 0 Å². The fourth-order valence-electron chi connectivity index (χ4n) is 2.74. The maximum atomic E-state index is 12.6. The summed E-state index contributed by atoms with van der Waals surface area (Å²) in [4.78, 5) is 41.1. The lowest BCUT2D eigenvalue weighted by atomic mass is 10.2. The molecule has 0 saturated heterocycles. The number of fused-ring (bicyclic) bond motifs is 1. The molecule has 1 aromatic heterocycles. The zero-order chi connectivity index (χ0) is 17.1. The van der Waals surface area contributed by atoms with E-state index in [4.69, 9.17) is 4.74 Å². The number of carbonyl (C=O) groups is 2. The summed E-state index contributed by atoms with van der Waals surface area (Å²) in [5.41, 5.74) is 0.0352. The smallest absolute Gasteiger partial charge is 0.329 e. The first-order chi connectivity index (χ1) is 11.6. The highest BCUT2D eigenvalue weighted by atomic mass is 16.5. The van der Waals surface area contributed by atoms with Crippen LogP contribution in [0.3, 0.4) is 0 Å². The highest BCUT2D eigenvalue weighted by Gasteiger charge is 2.32. The van der Waals surface area contributed by atoms with Crippen LogP contribution in [0.1, 0.15) is 35.6 Å². The van der Waals surface area contributed by atoms with E-state index in [2.05, 4.69) is 10.3 Å². The second-order valence-corrected chi connectivity index (χ2v) is 5.39. The van der Waals surface area contributed by atoms with Crippen LogP contribution in [-0.4, -0.2) is 28.0 Å². The molecule has 0 saturated carbocycles. The SMILES string of the molecule is CCOC(=O)C1CCc2ncc(NC(=O)c3ccccc3)c(=O)n21. The standard InChI is InChI=1S/C17H17N3O4/c1-2-24-17(23)13-8-9-14-18-10-12(16(22)20(13)14)19-15(21)11-6-4-3-5-7-11/h3-7,10,13H,2,8-9H2,1H3,(H,19,21). The van der Waals surface area contributed by atoms with Gasteiger partial charge in [-0.15, -0.1) is 0 Å². The lowest BCUT2D eigenvalue weighted by Crippen LogP contribution is -2.32. The molecule has 0 spiro atoms. The normalized spacial score (nSPS) is 15.6. The number of esters is 1. The van der Waals surface area contributed by atoms with Gasteiger partial charge in [-0.05, 0) is 25.5 Å². The van der Waals surface area contributed by atoms with Crippen LogP contribution in [0.2, 0.25) is 0 Å². The van der Waals surface area contributed by atoms with Gasteiger partial charge < -0.3 is 10.1 Å². The van der Waals surface area contributed by atoms with Gasteiger partial charge in [-0.25, -0.2) is 9.78 Å². The molecule has 0 fully saturated rings. The molecular formula is C17H17N3O4. The van der Waals surface area contributed by atoms with Crippen LogP contribution >= 0.6 is 0 Å². The molecule has 0 bridgehead atoms. The Balaban J connectivity index is 1.90. The van der Waals surface area contributed by atoms with Crippen molar-refractivity contribution < 1.29 is 14.3 Å². The average Bonchev–Trinajstić information content (AvgIpc) is 3.03. The summed E-state index contributed by atoms with van der Waals surface area (Å²) in [7, 11) is 0. The van der Waals surface area contributed by atoms with Crippen molar-refractivity contribution in [1.82, 2.24) is 9.55 Å². The molecule has 7 heteroatoms. The van der Waals surface area contributed by atoms with E-state index in [1.165, 1.54) is 10.8 Å². The number of carbonyl (C=O) groups excluding carboxylic acids is 2. The number of benzene rings is 1.